The molecule has 2 aliphatic heterocycles. The second kappa shape index (κ2) is 7.40. The minimum atomic E-state index is -0.121. The average Bonchev–Trinajstić information content (AvgIpc) is 3.39. The molecule has 1 fully saturated rings. The molecule has 30 heavy (non-hydrogen) atoms. The molecule has 0 radical (unpaired) electrons. The number of piperidine rings is 1. The summed E-state index contributed by atoms with van der Waals surface area (Å²) in [5.41, 5.74) is 3.41. The number of hydrogen-bond donors (Lipinski definition) is 2. The molecule has 0 saturated carbocycles. The van der Waals surface area contributed by atoms with Crippen molar-refractivity contribution < 1.29 is 19.1 Å². The van der Waals surface area contributed by atoms with Gasteiger partial charge in [-0.05, 0) is 49.6 Å². The standard InChI is InChI=1S/C23H23N3O4/c1-14-2-3-16-11-19(25-18(16)10-14)23(28)26-8-6-15(7-9-26)22(27)24-17-4-5-20-21(12-17)30-13-29-20/h2-5,10-12,15,25H,6-9,13H2,1H3,(H,24,27). The molecule has 7 heteroatoms. The van der Waals surface area contributed by atoms with Crippen molar-refractivity contribution in [2.75, 3.05) is 25.2 Å². The number of aryl methyl sites for hydroxylation is 1. The Hall–Kier alpha value is -3.48. The van der Waals surface area contributed by atoms with Gasteiger partial charge in [0.1, 0.15) is 5.69 Å². The smallest absolute Gasteiger partial charge is 0.270 e. The SMILES string of the molecule is Cc1ccc2cc(C(=O)N3CCC(C(=O)Nc4ccc5c(c4)OCO5)CC3)[nH]c2c1. The van der Waals surface area contributed by atoms with Crippen molar-refractivity contribution in [3.8, 4) is 11.5 Å². The number of amides is 2. The van der Waals surface area contributed by atoms with Crippen LogP contribution in [0, 0.1) is 12.8 Å². The molecule has 0 unspecified atom stereocenters. The molecular formula is C23H23N3O4. The van der Waals surface area contributed by atoms with Crippen molar-refractivity contribution in [2.24, 2.45) is 5.92 Å². The maximum Gasteiger partial charge on any atom is 0.270 e. The molecule has 5 rings (SSSR count). The van der Waals surface area contributed by atoms with E-state index in [0.717, 1.165) is 16.5 Å². The quantitative estimate of drug-likeness (QED) is 0.696. The Morgan fingerprint density at radius 1 is 1.03 bits per heavy atom. The van der Waals surface area contributed by atoms with E-state index in [2.05, 4.69) is 10.3 Å². The van der Waals surface area contributed by atoms with E-state index in [1.807, 2.05) is 42.2 Å². The fourth-order valence-corrected chi connectivity index (χ4v) is 4.09. The maximum atomic E-state index is 12.9. The van der Waals surface area contributed by atoms with Gasteiger partial charge in [0.25, 0.3) is 5.91 Å². The number of aromatic amines is 1. The van der Waals surface area contributed by atoms with Gasteiger partial charge in [0.2, 0.25) is 12.7 Å². The lowest BCUT2D eigenvalue weighted by molar-refractivity contribution is -0.121. The number of fused-ring (bicyclic) bond motifs is 2. The van der Waals surface area contributed by atoms with E-state index in [0.29, 0.717) is 48.8 Å². The molecule has 2 amide bonds. The molecule has 154 valence electrons. The molecule has 3 aromatic rings. The topological polar surface area (TPSA) is 83.7 Å². The third kappa shape index (κ3) is 3.47. The number of rotatable bonds is 3. The van der Waals surface area contributed by atoms with Crippen LogP contribution in [-0.4, -0.2) is 41.6 Å². The van der Waals surface area contributed by atoms with Crippen LogP contribution in [0.3, 0.4) is 0 Å². The van der Waals surface area contributed by atoms with Crippen LogP contribution in [0.2, 0.25) is 0 Å². The van der Waals surface area contributed by atoms with E-state index < -0.39 is 0 Å². The molecule has 1 saturated heterocycles. The number of likely N-dealkylation sites (tertiary alicyclic amines) is 1. The Labute approximate surface area is 174 Å². The van der Waals surface area contributed by atoms with Crippen LogP contribution in [0.15, 0.2) is 42.5 Å². The summed E-state index contributed by atoms with van der Waals surface area (Å²) in [6, 6.07) is 13.4. The molecule has 2 aromatic carbocycles. The van der Waals surface area contributed by atoms with E-state index in [1.165, 1.54) is 0 Å². The minimum Gasteiger partial charge on any atom is -0.454 e. The minimum absolute atomic E-state index is 0.0153. The number of ether oxygens (including phenoxy) is 2. The Kier molecular flexibility index (Phi) is 4.58. The van der Waals surface area contributed by atoms with Crippen molar-refractivity contribution in [1.29, 1.82) is 0 Å². The molecule has 7 nitrogen and oxygen atoms in total. The second-order valence-corrected chi connectivity index (χ2v) is 7.90. The summed E-state index contributed by atoms with van der Waals surface area (Å²) in [6.07, 6.45) is 1.28. The first kappa shape index (κ1) is 18.5. The molecule has 0 atom stereocenters. The monoisotopic (exact) mass is 405 g/mol. The molecule has 2 N–H and O–H groups in total. The number of carbonyl (C=O) groups excluding carboxylic acids is 2. The van der Waals surface area contributed by atoms with E-state index in [4.69, 9.17) is 9.47 Å². The highest BCUT2D eigenvalue weighted by Gasteiger charge is 2.28. The highest BCUT2D eigenvalue weighted by molar-refractivity contribution is 5.98. The fraction of sp³-hybridized carbons (Fsp3) is 0.304. The van der Waals surface area contributed by atoms with Crippen LogP contribution in [0.5, 0.6) is 11.5 Å². The zero-order valence-corrected chi connectivity index (χ0v) is 16.7. The van der Waals surface area contributed by atoms with Gasteiger partial charge in [-0.1, -0.05) is 12.1 Å². The largest absolute Gasteiger partial charge is 0.454 e. The van der Waals surface area contributed by atoms with Gasteiger partial charge in [-0.25, -0.2) is 0 Å². The first-order chi connectivity index (χ1) is 14.6. The van der Waals surface area contributed by atoms with Crippen LogP contribution < -0.4 is 14.8 Å². The van der Waals surface area contributed by atoms with Gasteiger partial charge in [-0.2, -0.15) is 0 Å². The first-order valence-corrected chi connectivity index (χ1v) is 10.2. The molecule has 2 aliphatic rings. The summed E-state index contributed by atoms with van der Waals surface area (Å²) >= 11 is 0. The second-order valence-electron chi connectivity index (χ2n) is 7.90. The first-order valence-electron chi connectivity index (χ1n) is 10.2. The van der Waals surface area contributed by atoms with Crippen LogP contribution in [0.1, 0.15) is 28.9 Å². The number of carbonyl (C=O) groups is 2. The van der Waals surface area contributed by atoms with Gasteiger partial charge in [0, 0.05) is 41.7 Å². The lowest BCUT2D eigenvalue weighted by atomic mass is 9.95. The number of nitrogens with zero attached hydrogens (tertiary/aromatic N) is 1. The van der Waals surface area contributed by atoms with Crippen molar-refractivity contribution in [3.63, 3.8) is 0 Å². The van der Waals surface area contributed by atoms with Gasteiger partial charge < -0.3 is 24.7 Å². The third-order valence-corrected chi connectivity index (χ3v) is 5.80. The zero-order chi connectivity index (χ0) is 20.7. The van der Waals surface area contributed by atoms with Crippen LogP contribution >= 0.6 is 0 Å². The summed E-state index contributed by atoms with van der Waals surface area (Å²) in [5, 5.41) is 3.99. The third-order valence-electron chi connectivity index (χ3n) is 5.80. The molecule has 0 spiro atoms. The Morgan fingerprint density at radius 2 is 1.83 bits per heavy atom. The highest BCUT2D eigenvalue weighted by atomic mass is 16.7. The van der Waals surface area contributed by atoms with Crippen molar-refractivity contribution in [1.82, 2.24) is 9.88 Å². The number of H-pyrrole nitrogens is 1. The Morgan fingerprint density at radius 3 is 2.67 bits per heavy atom. The zero-order valence-electron chi connectivity index (χ0n) is 16.7. The van der Waals surface area contributed by atoms with Crippen LogP contribution in [-0.2, 0) is 4.79 Å². The normalized spacial score (nSPS) is 16.1. The Bertz CT molecular complexity index is 1130. The number of aromatic nitrogens is 1. The fourth-order valence-electron chi connectivity index (χ4n) is 4.09. The van der Waals surface area contributed by atoms with Gasteiger partial charge in [0.15, 0.2) is 11.5 Å². The number of benzene rings is 2. The summed E-state index contributed by atoms with van der Waals surface area (Å²) in [6.45, 7) is 3.36. The summed E-state index contributed by atoms with van der Waals surface area (Å²) < 4.78 is 10.7. The van der Waals surface area contributed by atoms with Crippen molar-refractivity contribution >= 4 is 28.4 Å². The number of hydrogen-bond acceptors (Lipinski definition) is 4. The van der Waals surface area contributed by atoms with Crippen molar-refractivity contribution in [3.05, 3.63) is 53.7 Å². The lowest BCUT2D eigenvalue weighted by Gasteiger charge is -2.31. The van der Waals surface area contributed by atoms with E-state index in [-0.39, 0.29) is 24.5 Å². The average molecular weight is 405 g/mol. The van der Waals surface area contributed by atoms with E-state index in [1.54, 1.807) is 12.1 Å². The molecule has 3 heterocycles. The summed E-state index contributed by atoms with van der Waals surface area (Å²) in [7, 11) is 0. The predicted octanol–water partition coefficient (Wildman–Crippen LogP) is 3.70. The highest BCUT2D eigenvalue weighted by Crippen LogP contribution is 2.34. The van der Waals surface area contributed by atoms with Gasteiger partial charge in [0.05, 0.1) is 0 Å². The summed E-state index contributed by atoms with van der Waals surface area (Å²) in [4.78, 5) is 30.6. The van der Waals surface area contributed by atoms with Crippen molar-refractivity contribution in [2.45, 2.75) is 19.8 Å². The molecule has 0 bridgehead atoms. The van der Waals surface area contributed by atoms with Gasteiger partial charge in [-0.3, -0.25) is 9.59 Å². The van der Waals surface area contributed by atoms with Gasteiger partial charge >= 0.3 is 0 Å². The summed E-state index contributed by atoms with van der Waals surface area (Å²) in [5.74, 6) is 1.17. The Balaban J connectivity index is 1.20. The molecule has 1 aromatic heterocycles. The number of anilines is 1. The molecular weight excluding hydrogens is 382 g/mol. The predicted molar refractivity (Wildman–Crippen MR) is 113 cm³/mol. The van der Waals surface area contributed by atoms with E-state index in [9.17, 15) is 9.59 Å². The lowest BCUT2D eigenvalue weighted by Crippen LogP contribution is -2.41. The van der Waals surface area contributed by atoms with Crippen LogP contribution in [0.4, 0.5) is 5.69 Å². The van der Waals surface area contributed by atoms with Crippen LogP contribution in [0.25, 0.3) is 10.9 Å². The molecule has 0 aliphatic carbocycles. The van der Waals surface area contributed by atoms with E-state index >= 15 is 0 Å². The van der Waals surface area contributed by atoms with Gasteiger partial charge in [-0.15, -0.1) is 0 Å². The number of nitrogens with one attached hydrogen (secondary N) is 2. The maximum absolute atomic E-state index is 12.9.